The number of carbonyl (C=O) groups is 2. The zero-order valence-corrected chi connectivity index (χ0v) is 26.2. The van der Waals surface area contributed by atoms with Gasteiger partial charge in [0.1, 0.15) is 0 Å². The van der Waals surface area contributed by atoms with Crippen LogP contribution in [0.5, 0.6) is 0 Å². The topological polar surface area (TPSA) is 110 Å². The minimum atomic E-state index is -0.284. The Balaban J connectivity index is 1.89. The van der Waals surface area contributed by atoms with Crippen molar-refractivity contribution in [1.29, 1.82) is 0 Å². The molecule has 2 N–H and O–H groups in total. The summed E-state index contributed by atoms with van der Waals surface area (Å²) in [5.41, 5.74) is 14.7. The van der Waals surface area contributed by atoms with Crippen LogP contribution >= 0.6 is 0 Å². The van der Waals surface area contributed by atoms with Gasteiger partial charge in [0.05, 0.1) is 37.0 Å². The van der Waals surface area contributed by atoms with Gasteiger partial charge in [0, 0.05) is 46.0 Å². The fourth-order valence-electron chi connectivity index (χ4n) is 5.96. The lowest BCUT2D eigenvalue weighted by Gasteiger charge is -2.06. The van der Waals surface area contributed by atoms with E-state index in [-0.39, 0.29) is 24.8 Å². The normalized spacial score (nSPS) is 12.9. The Morgan fingerprint density at radius 3 is 1.43 bits per heavy atom. The van der Waals surface area contributed by atoms with E-state index in [1.165, 1.54) is 14.2 Å². The summed E-state index contributed by atoms with van der Waals surface area (Å²) in [5, 5.41) is 0. The van der Waals surface area contributed by atoms with Gasteiger partial charge in [-0.2, -0.15) is 0 Å². The third-order valence-electron chi connectivity index (χ3n) is 8.66. The number of nitrogens with zero attached hydrogens (tertiary/aromatic N) is 2. The number of aromatic amines is 2. The highest BCUT2D eigenvalue weighted by Gasteiger charge is 2.23. The molecule has 3 aromatic rings. The van der Waals surface area contributed by atoms with Crippen molar-refractivity contribution in [1.82, 2.24) is 19.9 Å². The molecule has 5 heterocycles. The Morgan fingerprint density at radius 1 is 0.659 bits per heavy atom. The molecule has 0 aromatic carbocycles. The van der Waals surface area contributed by atoms with Crippen LogP contribution in [0.2, 0.25) is 0 Å². The molecule has 8 nitrogen and oxygen atoms in total. The van der Waals surface area contributed by atoms with Crippen molar-refractivity contribution >= 4 is 68.4 Å². The van der Waals surface area contributed by atoms with Gasteiger partial charge in [0.25, 0.3) is 0 Å². The van der Waals surface area contributed by atoms with E-state index in [1.807, 2.05) is 44.2 Å². The molecule has 0 saturated carbocycles. The Bertz CT molecular complexity index is 1810. The molecule has 0 fully saturated rings. The Hall–Kier alpha value is -4.98. The van der Waals surface area contributed by atoms with Gasteiger partial charge in [-0.3, -0.25) is 9.59 Å². The number of carbonyl (C=O) groups excluding carboxylic acids is 2. The standard InChI is InChI=1S/C36H38N4O4/c1-9-23-19(3)27-15-29-21(5)25(11-13-35(41)43-7)33(39-29)18-34-26(12-14-36(42)44-8)22(6)30(40-34)16-28-20(4)24(10-2)32(38-28)17-31(23)37-27/h9-10,15-18,37-38H,1-2,11-14H2,3-8H3. The second kappa shape index (κ2) is 12.3. The third kappa shape index (κ3) is 5.55. The van der Waals surface area contributed by atoms with E-state index in [0.717, 1.165) is 89.4 Å². The van der Waals surface area contributed by atoms with Crippen LogP contribution < -0.4 is 0 Å². The number of rotatable bonds is 8. The number of H-pyrrole nitrogens is 2. The Kier molecular flexibility index (Phi) is 8.54. The van der Waals surface area contributed by atoms with Gasteiger partial charge in [-0.05, 0) is 98.2 Å². The highest BCUT2D eigenvalue weighted by atomic mass is 16.5. The predicted octanol–water partition coefficient (Wildman–Crippen LogP) is 7.99. The molecule has 5 rings (SSSR count). The van der Waals surface area contributed by atoms with Crippen LogP contribution in [0.25, 0.3) is 56.5 Å². The van der Waals surface area contributed by atoms with E-state index in [2.05, 4.69) is 43.0 Å². The number of hydrogen-bond donors (Lipinski definition) is 2. The summed E-state index contributed by atoms with van der Waals surface area (Å²) in [6, 6.07) is 8.14. The van der Waals surface area contributed by atoms with E-state index in [9.17, 15) is 9.59 Å². The highest BCUT2D eigenvalue weighted by molar-refractivity contribution is 5.97. The number of allylic oxidation sites excluding steroid dienone is 4. The molecule has 8 bridgehead atoms. The number of methoxy groups -OCH3 is 2. The smallest absolute Gasteiger partial charge is 0.305 e. The quantitative estimate of drug-likeness (QED) is 0.257. The van der Waals surface area contributed by atoms with Crippen molar-refractivity contribution in [2.45, 2.75) is 53.4 Å². The summed E-state index contributed by atoms with van der Waals surface area (Å²) in [7, 11) is 2.79. The monoisotopic (exact) mass is 590 g/mol. The molecule has 44 heavy (non-hydrogen) atoms. The number of esters is 2. The van der Waals surface area contributed by atoms with E-state index in [4.69, 9.17) is 19.4 Å². The minimum Gasteiger partial charge on any atom is -0.469 e. The molecule has 0 spiro atoms. The summed E-state index contributed by atoms with van der Waals surface area (Å²) in [5.74, 6) is -0.567. The van der Waals surface area contributed by atoms with Crippen LogP contribution in [0.3, 0.4) is 0 Å². The predicted molar refractivity (Wildman–Crippen MR) is 178 cm³/mol. The fraction of sp³-hybridized carbons (Fsp3) is 0.278. The van der Waals surface area contributed by atoms with Gasteiger partial charge in [-0.25, -0.2) is 9.97 Å². The Labute approximate surface area is 257 Å². The van der Waals surface area contributed by atoms with Crippen LogP contribution in [-0.4, -0.2) is 46.1 Å². The maximum Gasteiger partial charge on any atom is 0.305 e. The van der Waals surface area contributed by atoms with Gasteiger partial charge >= 0.3 is 11.9 Å². The number of nitrogens with one attached hydrogen (secondary N) is 2. The van der Waals surface area contributed by atoms with Crippen molar-refractivity contribution in [3.8, 4) is 0 Å². The van der Waals surface area contributed by atoms with E-state index >= 15 is 0 Å². The van der Waals surface area contributed by atoms with Gasteiger partial charge < -0.3 is 19.4 Å². The lowest BCUT2D eigenvalue weighted by atomic mass is 9.98. The maximum absolute atomic E-state index is 12.1. The molecular formula is C36H38N4O4. The highest BCUT2D eigenvalue weighted by Crippen LogP contribution is 2.38. The number of hydrogen-bond acceptors (Lipinski definition) is 6. The molecule has 3 aromatic heterocycles. The molecular weight excluding hydrogens is 552 g/mol. The summed E-state index contributed by atoms with van der Waals surface area (Å²) in [4.78, 5) is 41.6. The van der Waals surface area contributed by atoms with Crippen LogP contribution in [0.1, 0.15) is 84.6 Å². The first-order valence-electron chi connectivity index (χ1n) is 14.6. The number of fused-ring (bicyclic) bond motifs is 8. The molecule has 0 radical (unpaired) electrons. The zero-order valence-electron chi connectivity index (χ0n) is 26.2. The fourth-order valence-corrected chi connectivity index (χ4v) is 5.96. The van der Waals surface area contributed by atoms with Crippen molar-refractivity contribution < 1.29 is 19.1 Å². The maximum atomic E-state index is 12.1. The van der Waals surface area contributed by atoms with E-state index in [1.54, 1.807) is 0 Å². The van der Waals surface area contributed by atoms with Crippen LogP contribution in [0.4, 0.5) is 0 Å². The van der Waals surface area contributed by atoms with Crippen molar-refractivity contribution in [3.05, 3.63) is 82.5 Å². The van der Waals surface area contributed by atoms with Gasteiger partial charge in [-0.15, -0.1) is 0 Å². The van der Waals surface area contributed by atoms with Crippen LogP contribution in [-0.2, 0) is 19.1 Å². The molecule has 8 heteroatoms. The molecule has 0 unspecified atom stereocenters. The van der Waals surface area contributed by atoms with Crippen LogP contribution in [0.15, 0.2) is 37.4 Å². The van der Waals surface area contributed by atoms with Crippen molar-refractivity contribution in [3.63, 3.8) is 0 Å². The lowest BCUT2D eigenvalue weighted by molar-refractivity contribution is -0.141. The summed E-state index contributed by atoms with van der Waals surface area (Å²) >= 11 is 0. The molecule has 226 valence electrons. The van der Waals surface area contributed by atoms with Gasteiger partial charge in [-0.1, -0.05) is 25.3 Å². The third-order valence-corrected chi connectivity index (χ3v) is 8.66. The van der Waals surface area contributed by atoms with Gasteiger partial charge in [0.2, 0.25) is 0 Å². The largest absolute Gasteiger partial charge is 0.469 e. The zero-order chi connectivity index (χ0) is 31.7. The first-order chi connectivity index (χ1) is 21.1. The molecule has 2 aliphatic heterocycles. The van der Waals surface area contributed by atoms with E-state index < -0.39 is 0 Å². The number of ether oxygens (including phenoxy) is 2. The van der Waals surface area contributed by atoms with Crippen LogP contribution in [0, 0.1) is 13.8 Å². The SMILES string of the molecule is C=Cc1c(C)c2cc3nc(cc4nc(cc5[nH]c(cc1[nH]2)c(C=C)c5C)C(C)=C4CCC(=O)OC)C(CCC(=O)OC)=C3C. The average molecular weight is 591 g/mol. The molecule has 0 saturated heterocycles. The molecule has 0 aliphatic carbocycles. The van der Waals surface area contributed by atoms with Gasteiger partial charge in [0.15, 0.2) is 0 Å². The lowest BCUT2D eigenvalue weighted by Crippen LogP contribution is -2.01. The first-order valence-corrected chi connectivity index (χ1v) is 14.6. The van der Waals surface area contributed by atoms with E-state index in [0.29, 0.717) is 12.8 Å². The number of aryl methyl sites for hydroxylation is 2. The molecule has 0 atom stereocenters. The summed E-state index contributed by atoms with van der Waals surface area (Å²) in [6.07, 6.45) is 5.12. The second-order valence-corrected chi connectivity index (χ2v) is 11.1. The molecule has 2 aliphatic rings. The minimum absolute atomic E-state index is 0.228. The first kappa shape index (κ1) is 30.5. The molecule has 0 amide bonds. The average Bonchev–Trinajstić information content (AvgIpc) is 3.67. The van der Waals surface area contributed by atoms with Crippen molar-refractivity contribution in [2.75, 3.05) is 14.2 Å². The summed E-state index contributed by atoms with van der Waals surface area (Å²) in [6.45, 7) is 16.3. The second-order valence-electron chi connectivity index (χ2n) is 11.1. The Morgan fingerprint density at radius 2 is 1.07 bits per heavy atom. The number of aromatic nitrogens is 4. The van der Waals surface area contributed by atoms with Crippen molar-refractivity contribution in [2.24, 2.45) is 0 Å². The summed E-state index contributed by atoms with van der Waals surface area (Å²) < 4.78 is 9.88.